The summed E-state index contributed by atoms with van der Waals surface area (Å²) in [4.78, 5) is 33.8. The minimum Gasteiger partial charge on any atom is -0.442 e. The summed E-state index contributed by atoms with van der Waals surface area (Å²) in [6, 6.07) is 3.29. The highest BCUT2D eigenvalue weighted by molar-refractivity contribution is 7.13. The predicted molar refractivity (Wildman–Crippen MR) is 91.7 cm³/mol. The molecular weight excluding hydrogens is 326 g/mol. The Kier molecular flexibility index (Phi) is 4.71. The first-order chi connectivity index (χ1) is 11.5. The van der Waals surface area contributed by atoms with E-state index in [1.54, 1.807) is 11.8 Å². The molecule has 7 heteroatoms. The zero-order valence-electron chi connectivity index (χ0n) is 14.1. The molecule has 0 radical (unpaired) electrons. The molecule has 1 aliphatic rings. The number of piperazine rings is 1. The molecule has 1 atom stereocenters. The molecule has 3 rings (SSSR count). The van der Waals surface area contributed by atoms with Gasteiger partial charge in [0.05, 0.1) is 4.88 Å². The van der Waals surface area contributed by atoms with Gasteiger partial charge in [0, 0.05) is 19.6 Å². The number of amides is 2. The van der Waals surface area contributed by atoms with Gasteiger partial charge in [-0.25, -0.2) is 4.98 Å². The molecule has 1 fully saturated rings. The van der Waals surface area contributed by atoms with E-state index in [4.69, 9.17) is 4.42 Å². The second kappa shape index (κ2) is 6.76. The highest BCUT2D eigenvalue weighted by Crippen LogP contribution is 2.29. The molecule has 1 aliphatic heterocycles. The molecule has 128 valence electrons. The van der Waals surface area contributed by atoms with Crippen molar-refractivity contribution in [2.45, 2.75) is 26.8 Å². The highest BCUT2D eigenvalue weighted by atomic mass is 32.1. The van der Waals surface area contributed by atoms with E-state index < -0.39 is 6.04 Å². The minimum atomic E-state index is -0.488. The number of carbonyl (C=O) groups is 2. The Morgan fingerprint density at radius 2 is 2.25 bits per heavy atom. The van der Waals surface area contributed by atoms with Crippen LogP contribution in [0, 0.1) is 5.92 Å². The SMILES string of the molecule is CC(C)CN1CCN(C(=O)c2ncoc2-c2cccs2)C(C)C1=O. The van der Waals surface area contributed by atoms with Crippen LogP contribution in [0.5, 0.6) is 0 Å². The maximum Gasteiger partial charge on any atom is 0.277 e. The Morgan fingerprint density at radius 1 is 1.46 bits per heavy atom. The van der Waals surface area contributed by atoms with Gasteiger partial charge in [-0.1, -0.05) is 19.9 Å². The van der Waals surface area contributed by atoms with Gasteiger partial charge in [0.15, 0.2) is 17.8 Å². The average Bonchev–Trinajstić information content (AvgIpc) is 3.21. The van der Waals surface area contributed by atoms with E-state index >= 15 is 0 Å². The monoisotopic (exact) mass is 347 g/mol. The number of carbonyl (C=O) groups excluding carboxylic acids is 2. The van der Waals surface area contributed by atoms with Crippen LogP contribution >= 0.6 is 11.3 Å². The molecule has 0 N–H and O–H groups in total. The van der Waals surface area contributed by atoms with Gasteiger partial charge in [-0.05, 0) is 24.3 Å². The maximum absolute atomic E-state index is 12.9. The zero-order chi connectivity index (χ0) is 17.3. The smallest absolute Gasteiger partial charge is 0.277 e. The summed E-state index contributed by atoms with van der Waals surface area (Å²) in [6.07, 6.45) is 1.28. The van der Waals surface area contributed by atoms with Gasteiger partial charge in [-0.2, -0.15) is 0 Å². The average molecular weight is 347 g/mol. The third-order valence-corrected chi connectivity index (χ3v) is 4.98. The molecule has 0 spiro atoms. The van der Waals surface area contributed by atoms with E-state index in [1.165, 1.54) is 17.7 Å². The lowest BCUT2D eigenvalue weighted by Gasteiger charge is -2.39. The van der Waals surface area contributed by atoms with E-state index in [0.29, 0.717) is 24.8 Å². The highest BCUT2D eigenvalue weighted by Gasteiger charge is 2.36. The molecule has 0 aromatic carbocycles. The Hall–Kier alpha value is -2.15. The molecular formula is C17H21N3O3S. The quantitative estimate of drug-likeness (QED) is 0.853. The summed E-state index contributed by atoms with van der Waals surface area (Å²) in [7, 11) is 0. The number of rotatable bonds is 4. The molecule has 0 bridgehead atoms. The van der Waals surface area contributed by atoms with Gasteiger partial charge < -0.3 is 14.2 Å². The van der Waals surface area contributed by atoms with Crippen LogP contribution in [-0.2, 0) is 4.79 Å². The van der Waals surface area contributed by atoms with E-state index in [-0.39, 0.29) is 17.5 Å². The van der Waals surface area contributed by atoms with Crippen molar-refractivity contribution in [1.29, 1.82) is 0 Å². The number of oxazole rings is 1. The van der Waals surface area contributed by atoms with Crippen LogP contribution in [0.25, 0.3) is 10.6 Å². The van der Waals surface area contributed by atoms with Crippen molar-refractivity contribution in [3.05, 3.63) is 29.6 Å². The van der Waals surface area contributed by atoms with Crippen LogP contribution in [0.1, 0.15) is 31.3 Å². The van der Waals surface area contributed by atoms with Crippen molar-refractivity contribution < 1.29 is 14.0 Å². The van der Waals surface area contributed by atoms with E-state index in [9.17, 15) is 9.59 Å². The number of thiophene rings is 1. The van der Waals surface area contributed by atoms with Gasteiger partial charge in [-0.15, -0.1) is 11.3 Å². The third-order valence-electron chi connectivity index (χ3n) is 4.11. The summed E-state index contributed by atoms with van der Waals surface area (Å²) >= 11 is 1.49. The Labute approximate surface area is 145 Å². The van der Waals surface area contributed by atoms with Crippen LogP contribution in [0.4, 0.5) is 0 Å². The van der Waals surface area contributed by atoms with Gasteiger partial charge >= 0.3 is 0 Å². The molecule has 2 amide bonds. The van der Waals surface area contributed by atoms with Crippen LogP contribution < -0.4 is 0 Å². The number of aromatic nitrogens is 1. The Morgan fingerprint density at radius 3 is 2.92 bits per heavy atom. The molecule has 24 heavy (non-hydrogen) atoms. The predicted octanol–water partition coefficient (Wildman–Crippen LogP) is 2.73. The van der Waals surface area contributed by atoms with Gasteiger partial charge in [-0.3, -0.25) is 9.59 Å². The van der Waals surface area contributed by atoms with Crippen LogP contribution in [0.15, 0.2) is 28.3 Å². The van der Waals surface area contributed by atoms with Gasteiger partial charge in [0.25, 0.3) is 5.91 Å². The van der Waals surface area contributed by atoms with Crippen molar-refractivity contribution in [3.63, 3.8) is 0 Å². The fourth-order valence-corrected chi connectivity index (χ4v) is 3.66. The first kappa shape index (κ1) is 16.7. The molecule has 0 saturated carbocycles. The van der Waals surface area contributed by atoms with E-state index in [0.717, 1.165) is 11.4 Å². The van der Waals surface area contributed by atoms with Crippen molar-refractivity contribution in [2.24, 2.45) is 5.92 Å². The van der Waals surface area contributed by atoms with Crippen LogP contribution in [-0.4, -0.2) is 52.3 Å². The zero-order valence-corrected chi connectivity index (χ0v) is 14.9. The lowest BCUT2D eigenvalue weighted by Crippen LogP contribution is -2.58. The molecule has 2 aromatic heterocycles. The standard InChI is InChI=1S/C17H21N3O3S/c1-11(2)9-19-6-7-20(12(3)16(19)21)17(22)14-15(23-10-18-14)13-5-4-8-24-13/h4-5,8,10-12H,6-7,9H2,1-3H3. The lowest BCUT2D eigenvalue weighted by molar-refractivity contribution is -0.140. The normalized spacial score (nSPS) is 18.5. The Balaban J connectivity index is 1.80. The van der Waals surface area contributed by atoms with E-state index in [1.807, 2.05) is 22.4 Å². The molecule has 2 aromatic rings. The lowest BCUT2D eigenvalue weighted by atomic mass is 10.1. The second-order valence-electron chi connectivity index (χ2n) is 6.36. The van der Waals surface area contributed by atoms with Gasteiger partial charge in [0.1, 0.15) is 6.04 Å². The molecule has 1 unspecified atom stereocenters. The fourth-order valence-electron chi connectivity index (χ4n) is 2.95. The van der Waals surface area contributed by atoms with Crippen molar-refractivity contribution >= 4 is 23.2 Å². The second-order valence-corrected chi connectivity index (χ2v) is 7.31. The summed E-state index contributed by atoms with van der Waals surface area (Å²) in [5, 5.41) is 1.92. The molecule has 1 saturated heterocycles. The largest absolute Gasteiger partial charge is 0.442 e. The molecule has 6 nitrogen and oxygen atoms in total. The number of hydrogen-bond acceptors (Lipinski definition) is 5. The molecule has 3 heterocycles. The summed E-state index contributed by atoms with van der Waals surface area (Å²) < 4.78 is 5.41. The van der Waals surface area contributed by atoms with E-state index in [2.05, 4.69) is 18.8 Å². The molecule has 0 aliphatic carbocycles. The van der Waals surface area contributed by atoms with Crippen LogP contribution in [0.3, 0.4) is 0 Å². The summed E-state index contributed by atoms with van der Waals surface area (Å²) in [6.45, 7) is 7.72. The summed E-state index contributed by atoms with van der Waals surface area (Å²) in [5.74, 6) is 0.616. The topological polar surface area (TPSA) is 66.7 Å². The minimum absolute atomic E-state index is 0.00975. The first-order valence-corrected chi connectivity index (χ1v) is 8.94. The fraction of sp³-hybridized carbons (Fsp3) is 0.471. The summed E-state index contributed by atoms with van der Waals surface area (Å²) in [5.41, 5.74) is 0.273. The maximum atomic E-state index is 12.9. The van der Waals surface area contributed by atoms with Crippen LogP contribution in [0.2, 0.25) is 0 Å². The van der Waals surface area contributed by atoms with Crippen molar-refractivity contribution in [1.82, 2.24) is 14.8 Å². The number of nitrogens with zero attached hydrogens (tertiary/aromatic N) is 3. The van der Waals surface area contributed by atoms with Gasteiger partial charge in [0.2, 0.25) is 5.91 Å². The number of hydrogen-bond donors (Lipinski definition) is 0. The third kappa shape index (κ3) is 3.08. The first-order valence-electron chi connectivity index (χ1n) is 8.06. The Bertz CT molecular complexity index is 723. The van der Waals surface area contributed by atoms with Crippen molar-refractivity contribution in [2.75, 3.05) is 19.6 Å². The van der Waals surface area contributed by atoms with Crippen molar-refractivity contribution in [3.8, 4) is 10.6 Å².